The minimum atomic E-state index is -0.311. The Morgan fingerprint density at radius 1 is 1.61 bits per heavy atom. The van der Waals surface area contributed by atoms with Gasteiger partial charge in [-0.05, 0) is 44.0 Å². The standard InChI is InChI=1S/C12H17N3O2.ClH/c16-10-4-2-6-14-11(10)12(17)15-8-9-3-1-5-13-7-9;/h2,4,6,9,13,16H,1,3,5,7-8H2,(H,15,17);1H. The van der Waals surface area contributed by atoms with E-state index in [-0.39, 0.29) is 29.8 Å². The van der Waals surface area contributed by atoms with E-state index in [1.807, 2.05) is 0 Å². The highest BCUT2D eigenvalue weighted by atomic mass is 35.5. The zero-order valence-corrected chi connectivity index (χ0v) is 10.9. The number of aromatic nitrogens is 1. The van der Waals surface area contributed by atoms with Crippen molar-refractivity contribution in [1.29, 1.82) is 0 Å². The minimum absolute atomic E-state index is 0. The van der Waals surface area contributed by atoms with Crippen LogP contribution >= 0.6 is 12.4 Å². The fourth-order valence-corrected chi connectivity index (χ4v) is 1.99. The molecular formula is C12H18ClN3O2. The van der Waals surface area contributed by atoms with Crippen molar-refractivity contribution >= 4 is 18.3 Å². The van der Waals surface area contributed by atoms with E-state index in [1.165, 1.54) is 12.3 Å². The summed E-state index contributed by atoms with van der Waals surface area (Å²) in [6.45, 7) is 2.63. The van der Waals surface area contributed by atoms with Gasteiger partial charge < -0.3 is 15.7 Å². The molecule has 0 aromatic carbocycles. The molecule has 18 heavy (non-hydrogen) atoms. The van der Waals surface area contributed by atoms with Gasteiger partial charge in [-0.25, -0.2) is 4.98 Å². The van der Waals surface area contributed by atoms with Gasteiger partial charge in [0, 0.05) is 12.7 Å². The highest BCUT2D eigenvalue weighted by molar-refractivity contribution is 5.94. The average molecular weight is 272 g/mol. The van der Waals surface area contributed by atoms with Crippen molar-refractivity contribution in [2.24, 2.45) is 5.92 Å². The van der Waals surface area contributed by atoms with Crippen LogP contribution in [0.25, 0.3) is 0 Å². The van der Waals surface area contributed by atoms with Crippen LogP contribution < -0.4 is 10.6 Å². The number of hydrogen-bond donors (Lipinski definition) is 3. The first-order valence-corrected chi connectivity index (χ1v) is 5.90. The number of nitrogens with one attached hydrogen (secondary N) is 2. The number of aromatic hydroxyl groups is 1. The zero-order chi connectivity index (χ0) is 12.1. The third-order valence-electron chi connectivity index (χ3n) is 2.95. The number of carbonyl (C=O) groups is 1. The van der Waals surface area contributed by atoms with Gasteiger partial charge in [0.1, 0.15) is 5.75 Å². The van der Waals surface area contributed by atoms with Crippen LogP contribution in [0.2, 0.25) is 0 Å². The quantitative estimate of drug-likeness (QED) is 0.765. The number of halogens is 1. The van der Waals surface area contributed by atoms with Gasteiger partial charge in [0.25, 0.3) is 5.91 Å². The molecule has 1 aromatic heterocycles. The lowest BCUT2D eigenvalue weighted by atomic mass is 10.00. The van der Waals surface area contributed by atoms with Crippen LogP contribution in [0.1, 0.15) is 23.3 Å². The van der Waals surface area contributed by atoms with Gasteiger partial charge in [0.05, 0.1) is 0 Å². The Kier molecular flexibility index (Phi) is 5.88. The van der Waals surface area contributed by atoms with E-state index < -0.39 is 0 Å². The molecule has 0 aliphatic carbocycles. The molecule has 0 radical (unpaired) electrons. The number of carbonyl (C=O) groups excluding carboxylic acids is 1. The molecule has 1 atom stereocenters. The molecule has 0 saturated carbocycles. The molecular weight excluding hydrogens is 254 g/mol. The van der Waals surface area contributed by atoms with Crippen LogP contribution in [0.3, 0.4) is 0 Å². The van der Waals surface area contributed by atoms with Gasteiger partial charge in [-0.1, -0.05) is 0 Å². The first-order valence-electron chi connectivity index (χ1n) is 5.90. The van der Waals surface area contributed by atoms with E-state index in [0.29, 0.717) is 12.5 Å². The van der Waals surface area contributed by atoms with Crippen LogP contribution in [0.5, 0.6) is 5.75 Å². The van der Waals surface area contributed by atoms with Gasteiger partial charge >= 0.3 is 0 Å². The Morgan fingerprint density at radius 2 is 2.44 bits per heavy atom. The largest absolute Gasteiger partial charge is 0.505 e. The molecule has 1 aliphatic rings. The predicted molar refractivity (Wildman–Crippen MR) is 71.1 cm³/mol. The van der Waals surface area contributed by atoms with Gasteiger partial charge in [0.2, 0.25) is 0 Å². The Balaban J connectivity index is 0.00000162. The number of amides is 1. The summed E-state index contributed by atoms with van der Waals surface area (Å²) in [4.78, 5) is 15.6. The molecule has 1 amide bonds. The lowest BCUT2D eigenvalue weighted by Gasteiger charge is -2.22. The highest BCUT2D eigenvalue weighted by Gasteiger charge is 2.16. The summed E-state index contributed by atoms with van der Waals surface area (Å²) >= 11 is 0. The first kappa shape index (κ1) is 14.7. The van der Waals surface area contributed by atoms with Crippen molar-refractivity contribution in [3.8, 4) is 5.75 Å². The number of rotatable bonds is 3. The Hall–Kier alpha value is -1.33. The predicted octanol–water partition coefficient (Wildman–Crippen LogP) is 0.938. The molecule has 1 aliphatic heterocycles. The second-order valence-corrected chi connectivity index (χ2v) is 4.29. The summed E-state index contributed by atoms with van der Waals surface area (Å²) in [7, 11) is 0. The average Bonchev–Trinajstić information content (AvgIpc) is 2.38. The van der Waals surface area contributed by atoms with E-state index >= 15 is 0 Å². The summed E-state index contributed by atoms with van der Waals surface area (Å²) in [5, 5.41) is 15.6. The molecule has 6 heteroatoms. The number of nitrogens with zero attached hydrogens (tertiary/aromatic N) is 1. The third kappa shape index (κ3) is 3.85. The molecule has 1 aromatic rings. The second-order valence-electron chi connectivity index (χ2n) is 4.29. The van der Waals surface area contributed by atoms with E-state index in [9.17, 15) is 9.90 Å². The molecule has 1 saturated heterocycles. The molecule has 0 bridgehead atoms. The van der Waals surface area contributed by atoms with Gasteiger partial charge in [-0.2, -0.15) is 0 Å². The van der Waals surface area contributed by atoms with Crippen molar-refractivity contribution in [3.63, 3.8) is 0 Å². The number of piperidine rings is 1. The maximum atomic E-state index is 11.8. The zero-order valence-electron chi connectivity index (χ0n) is 10.1. The van der Waals surface area contributed by atoms with Crippen LogP contribution in [0, 0.1) is 5.92 Å². The third-order valence-corrected chi connectivity index (χ3v) is 2.95. The fourth-order valence-electron chi connectivity index (χ4n) is 1.99. The lowest BCUT2D eigenvalue weighted by molar-refractivity contribution is 0.0937. The first-order chi connectivity index (χ1) is 8.27. The Morgan fingerprint density at radius 3 is 3.11 bits per heavy atom. The molecule has 2 rings (SSSR count). The van der Waals surface area contributed by atoms with Crippen molar-refractivity contribution < 1.29 is 9.90 Å². The van der Waals surface area contributed by atoms with E-state index in [2.05, 4.69) is 15.6 Å². The molecule has 5 nitrogen and oxygen atoms in total. The Labute approximate surface area is 112 Å². The minimum Gasteiger partial charge on any atom is -0.505 e. The van der Waals surface area contributed by atoms with E-state index in [1.54, 1.807) is 6.07 Å². The van der Waals surface area contributed by atoms with E-state index in [0.717, 1.165) is 25.9 Å². The molecule has 100 valence electrons. The van der Waals surface area contributed by atoms with Crippen molar-refractivity contribution in [1.82, 2.24) is 15.6 Å². The number of hydrogen-bond acceptors (Lipinski definition) is 4. The lowest BCUT2D eigenvalue weighted by Crippen LogP contribution is -2.38. The van der Waals surface area contributed by atoms with Gasteiger partial charge in [-0.15, -0.1) is 12.4 Å². The molecule has 2 heterocycles. The van der Waals surface area contributed by atoms with E-state index in [4.69, 9.17) is 0 Å². The second kappa shape index (κ2) is 7.18. The summed E-state index contributed by atoms with van der Waals surface area (Å²) in [5.74, 6) is 0.0824. The van der Waals surface area contributed by atoms with Crippen LogP contribution in [0.4, 0.5) is 0 Å². The smallest absolute Gasteiger partial charge is 0.273 e. The summed E-state index contributed by atoms with van der Waals surface area (Å²) in [5.41, 5.74) is 0.0938. The summed E-state index contributed by atoms with van der Waals surface area (Å²) < 4.78 is 0. The Bertz CT molecular complexity index is 395. The van der Waals surface area contributed by atoms with Crippen molar-refractivity contribution in [2.45, 2.75) is 12.8 Å². The summed E-state index contributed by atoms with van der Waals surface area (Å²) in [6.07, 6.45) is 3.77. The SMILES string of the molecule is Cl.O=C(NCC1CCCNC1)c1ncccc1O. The maximum Gasteiger partial charge on any atom is 0.273 e. The van der Waals surface area contributed by atoms with Crippen molar-refractivity contribution in [2.75, 3.05) is 19.6 Å². The topological polar surface area (TPSA) is 74.2 Å². The van der Waals surface area contributed by atoms with Crippen LogP contribution in [-0.2, 0) is 0 Å². The molecule has 0 spiro atoms. The van der Waals surface area contributed by atoms with Crippen molar-refractivity contribution in [3.05, 3.63) is 24.0 Å². The van der Waals surface area contributed by atoms with Crippen LogP contribution in [0.15, 0.2) is 18.3 Å². The maximum absolute atomic E-state index is 11.8. The molecule has 1 fully saturated rings. The van der Waals surface area contributed by atoms with Gasteiger partial charge in [-0.3, -0.25) is 4.79 Å². The monoisotopic (exact) mass is 271 g/mol. The molecule has 1 unspecified atom stereocenters. The van der Waals surface area contributed by atoms with Crippen LogP contribution in [-0.4, -0.2) is 35.6 Å². The normalized spacial score (nSPS) is 18.8. The molecule has 3 N–H and O–H groups in total. The highest BCUT2D eigenvalue weighted by Crippen LogP contribution is 2.13. The number of pyridine rings is 1. The fraction of sp³-hybridized carbons (Fsp3) is 0.500. The van der Waals surface area contributed by atoms with Gasteiger partial charge in [0.15, 0.2) is 5.69 Å². The summed E-state index contributed by atoms with van der Waals surface area (Å²) in [6, 6.07) is 3.06.